The quantitative estimate of drug-likeness (QED) is 0.289. The topological polar surface area (TPSA) is 80.0 Å². The number of nitrogens with zero attached hydrogens (tertiary/aromatic N) is 1. The van der Waals surface area contributed by atoms with Crippen molar-refractivity contribution < 1.29 is 23.8 Å². The number of hydrogen-bond donors (Lipinski definition) is 1. The molecule has 0 spiro atoms. The maximum Gasteiger partial charge on any atom is 0.300 e. The number of hydrogen-bond acceptors (Lipinski definition) is 5. The predicted molar refractivity (Wildman–Crippen MR) is 127 cm³/mol. The van der Waals surface area contributed by atoms with E-state index in [4.69, 9.17) is 20.8 Å². The summed E-state index contributed by atoms with van der Waals surface area (Å²) in [6, 6.07) is 12.9. The van der Waals surface area contributed by atoms with Crippen molar-refractivity contribution in [3.8, 4) is 5.75 Å². The van der Waals surface area contributed by atoms with E-state index in [1.165, 1.54) is 4.90 Å². The summed E-state index contributed by atoms with van der Waals surface area (Å²) in [5.74, 6) is -0.472. The number of benzene rings is 2. The number of halogens is 1. The van der Waals surface area contributed by atoms with E-state index in [2.05, 4.69) is 0 Å². The molecule has 0 radical (unpaired) electrons. The van der Waals surface area contributed by atoms with Gasteiger partial charge in [0, 0.05) is 11.3 Å². The second-order valence-electron chi connectivity index (χ2n) is 8.04. The molecule has 0 aliphatic carbocycles. The van der Waals surface area contributed by atoms with Gasteiger partial charge in [-0.15, -0.1) is 0 Å². The maximum atomic E-state index is 13.2. The van der Waals surface area contributed by atoms with Gasteiger partial charge in [-0.05, 0) is 81.3 Å². The van der Waals surface area contributed by atoms with Crippen molar-refractivity contribution in [3.05, 3.63) is 87.3 Å². The predicted octanol–water partition coefficient (Wildman–Crippen LogP) is 5.88. The zero-order chi connectivity index (χ0) is 23.9. The minimum Gasteiger partial charge on any atom is -0.507 e. The molecule has 33 heavy (non-hydrogen) atoms. The lowest BCUT2D eigenvalue weighted by Gasteiger charge is -2.24. The number of Topliss-reactive ketones (excluding diaryl/α,β-unsaturated/α-hetero) is 1. The first kappa shape index (κ1) is 22.7. The number of aliphatic hydroxyl groups excluding tert-OH is 1. The van der Waals surface area contributed by atoms with Crippen molar-refractivity contribution >= 4 is 34.7 Å². The lowest BCUT2D eigenvalue weighted by Crippen LogP contribution is -2.29. The Morgan fingerprint density at radius 3 is 2.36 bits per heavy atom. The van der Waals surface area contributed by atoms with Gasteiger partial charge >= 0.3 is 0 Å². The van der Waals surface area contributed by atoms with Gasteiger partial charge in [-0.25, -0.2) is 0 Å². The number of furan rings is 1. The van der Waals surface area contributed by atoms with Crippen LogP contribution < -0.4 is 9.64 Å². The van der Waals surface area contributed by atoms with E-state index in [0.717, 1.165) is 11.1 Å². The van der Waals surface area contributed by atoms with Crippen molar-refractivity contribution in [2.24, 2.45) is 0 Å². The first-order valence-electron chi connectivity index (χ1n) is 10.6. The molecule has 6 nitrogen and oxygen atoms in total. The Hall–Kier alpha value is -3.51. The Labute approximate surface area is 197 Å². The third-order valence-electron chi connectivity index (χ3n) is 5.46. The van der Waals surface area contributed by atoms with Gasteiger partial charge in [0.25, 0.3) is 11.7 Å². The van der Waals surface area contributed by atoms with Gasteiger partial charge in [0.2, 0.25) is 0 Å². The molecule has 2 aromatic carbocycles. The van der Waals surface area contributed by atoms with Crippen molar-refractivity contribution in [1.82, 2.24) is 0 Å². The molecule has 1 fully saturated rings. The lowest BCUT2D eigenvalue weighted by atomic mass is 9.99. The second-order valence-corrected chi connectivity index (χ2v) is 8.45. The number of aryl methyl sites for hydroxylation is 3. The highest BCUT2D eigenvalue weighted by Gasteiger charge is 2.48. The Morgan fingerprint density at radius 2 is 1.76 bits per heavy atom. The normalized spacial score (nSPS) is 17.6. The van der Waals surface area contributed by atoms with Crippen LogP contribution in [0.4, 0.5) is 5.69 Å². The molecular weight excluding hydrogens is 442 g/mol. The van der Waals surface area contributed by atoms with Crippen LogP contribution in [0.15, 0.2) is 58.5 Å². The molecule has 7 heteroatoms. The monoisotopic (exact) mass is 465 g/mol. The third kappa shape index (κ3) is 4.14. The van der Waals surface area contributed by atoms with E-state index < -0.39 is 17.7 Å². The van der Waals surface area contributed by atoms with Crippen LogP contribution in [0.2, 0.25) is 5.02 Å². The van der Waals surface area contributed by atoms with Crippen LogP contribution in [0.5, 0.6) is 5.75 Å². The van der Waals surface area contributed by atoms with Gasteiger partial charge < -0.3 is 14.3 Å². The van der Waals surface area contributed by atoms with Gasteiger partial charge in [-0.3, -0.25) is 14.5 Å². The molecule has 170 valence electrons. The van der Waals surface area contributed by atoms with Crippen molar-refractivity contribution in [2.45, 2.75) is 33.7 Å². The standard InChI is InChI=1S/C26H24ClNO5/c1-5-32-21-13-17(7-8-19(21)27)24(29)22-23(20-9-6-16(4)33-20)28(26(31)25(22)30)18-11-14(2)10-15(3)12-18/h6-13,23,29H,5H2,1-4H3/b24-22-. The maximum absolute atomic E-state index is 13.2. The van der Waals surface area contributed by atoms with Gasteiger partial charge in [-0.2, -0.15) is 0 Å². The molecule has 1 N–H and O–H groups in total. The zero-order valence-electron chi connectivity index (χ0n) is 18.8. The van der Waals surface area contributed by atoms with E-state index in [-0.39, 0.29) is 11.3 Å². The molecule has 0 saturated carbocycles. The zero-order valence-corrected chi connectivity index (χ0v) is 19.6. The molecule has 3 aromatic rings. The fraction of sp³-hybridized carbons (Fsp3) is 0.231. The molecule has 1 atom stereocenters. The number of ketones is 1. The Balaban J connectivity index is 1.94. The van der Waals surface area contributed by atoms with Crippen molar-refractivity contribution in [1.29, 1.82) is 0 Å². The highest BCUT2D eigenvalue weighted by atomic mass is 35.5. The lowest BCUT2D eigenvalue weighted by molar-refractivity contribution is -0.132. The number of rotatable bonds is 5. The summed E-state index contributed by atoms with van der Waals surface area (Å²) < 4.78 is 11.4. The van der Waals surface area contributed by atoms with Crippen LogP contribution in [0.25, 0.3) is 5.76 Å². The number of ether oxygens (including phenoxy) is 1. The summed E-state index contributed by atoms with van der Waals surface area (Å²) in [5, 5.41) is 11.6. The van der Waals surface area contributed by atoms with E-state index in [9.17, 15) is 14.7 Å². The van der Waals surface area contributed by atoms with Crippen molar-refractivity contribution in [2.75, 3.05) is 11.5 Å². The van der Waals surface area contributed by atoms with Gasteiger partial charge in [0.15, 0.2) is 0 Å². The molecule has 1 saturated heterocycles. The molecule has 2 heterocycles. The Kier molecular flexibility index (Phi) is 6.04. The number of carbonyl (C=O) groups excluding carboxylic acids is 2. The minimum atomic E-state index is -0.925. The summed E-state index contributed by atoms with van der Waals surface area (Å²) in [6.07, 6.45) is 0. The summed E-state index contributed by atoms with van der Waals surface area (Å²) in [6.45, 7) is 7.81. The fourth-order valence-electron chi connectivity index (χ4n) is 4.13. The fourth-order valence-corrected chi connectivity index (χ4v) is 4.30. The van der Waals surface area contributed by atoms with E-state index >= 15 is 0 Å². The molecule has 4 rings (SSSR count). The highest BCUT2D eigenvalue weighted by Crippen LogP contribution is 2.43. The van der Waals surface area contributed by atoms with E-state index in [1.807, 2.05) is 39.0 Å². The number of aliphatic hydroxyl groups is 1. The smallest absolute Gasteiger partial charge is 0.300 e. The van der Waals surface area contributed by atoms with Gasteiger partial charge in [0.05, 0.1) is 17.2 Å². The van der Waals surface area contributed by atoms with Gasteiger partial charge in [-0.1, -0.05) is 17.7 Å². The minimum absolute atomic E-state index is 0.0571. The second kappa shape index (κ2) is 8.79. The molecule has 1 amide bonds. The van der Waals surface area contributed by atoms with E-state index in [1.54, 1.807) is 37.3 Å². The number of carbonyl (C=O) groups is 2. The summed E-state index contributed by atoms with van der Waals surface area (Å²) in [5.41, 5.74) is 2.70. The SMILES string of the molecule is CCOc1cc(/C(O)=C2/C(=O)C(=O)N(c3cc(C)cc(C)c3)C2c2ccc(C)o2)ccc1Cl. The summed E-state index contributed by atoms with van der Waals surface area (Å²) in [7, 11) is 0. The van der Waals surface area contributed by atoms with E-state index in [0.29, 0.717) is 40.2 Å². The molecule has 1 aromatic heterocycles. The van der Waals surface area contributed by atoms with Crippen LogP contribution in [0.1, 0.15) is 41.2 Å². The van der Waals surface area contributed by atoms with Crippen molar-refractivity contribution in [3.63, 3.8) is 0 Å². The van der Waals surface area contributed by atoms with Crippen LogP contribution in [-0.4, -0.2) is 23.4 Å². The third-order valence-corrected chi connectivity index (χ3v) is 5.78. The number of anilines is 1. The highest BCUT2D eigenvalue weighted by molar-refractivity contribution is 6.51. The Morgan fingerprint density at radius 1 is 1.06 bits per heavy atom. The average molecular weight is 466 g/mol. The summed E-state index contributed by atoms with van der Waals surface area (Å²) >= 11 is 6.18. The molecule has 1 aliphatic rings. The van der Waals surface area contributed by atoms with Crippen LogP contribution >= 0.6 is 11.6 Å². The average Bonchev–Trinajstić information content (AvgIpc) is 3.29. The van der Waals surface area contributed by atoms with Crippen LogP contribution in [0, 0.1) is 20.8 Å². The Bertz CT molecular complexity index is 1270. The molecule has 0 bridgehead atoms. The first-order chi connectivity index (χ1) is 15.7. The van der Waals surface area contributed by atoms with Crippen LogP contribution in [0.3, 0.4) is 0 Å². The summed E-state index contributed by atoms with van der Waals surface area (Å²) in [4.78, 5) is 27.8. The molecule has 1 aliphatic heterocycles. The largest absolute Gasteiger partial charge is 0.507 e. The van der Waals surface area contributed by atoms with Gasteiger partial charge in [0.1, 0.15) is 29.1 Å². The molecular formula is C26H24ClNO5. The van der Waals surface area contributed by atoms with Crippen LogP contribution in [-0.2, 0) is 9.59 Å². The molecule has 1 unspecified atom stereocenters. The number of amides is 1. The first-order valence-corrected chi connectivity index (χ1v) is 11.0.